The van der Waals surface area contributed by atoms with Crippen LogP contribution in [-0.4, -0.2) is 43.3 Å². The zero-order chi connectivity index (χ0) is 21.8. The van der Waals surface area contributed by atoms with Crippen molar-refractivity contribution in [2.24, 2.45) is 0 Å². The highest BCUT2D eigenvalue weighted by molar-refractivity contribution is 5.95. The van der Waals surface area contributed by atoms with Crippen molar-refractivity contribution in [2.75, 3.05) is 26.4 Å². The van der Waals surface area contributed by atoms with Gasteiger partial charge in [0.1, 0.15) is 0 Å². The molecular weight excluding hydrogens is 400 g/mol. The van der Waals surface area contributed by atoms with Gasteiger partial charge in [0.2, 0.25) is 6.79 Å². The number of amides is 1. The Labute approximate surface area is 189 Å². The normalized spacial score (nSPS) is 17.6. The summed E-state index contributed by atoms with van der Waals surface area (Å²) in [5.41, 5.74) is 3.32. The average Bonchev–Trinajstić information content (AvgIpc) is 3.49. The van der Waals surface area contributed by atoms with Crippen LogP contribution >= 0.6 is 0 Å². The highest BCUT2D eigenvalue weighted by Gasteiger charge is 2.26. The van der Waals surface area contributed by atoms with Crippen molar-refractivity contribution in [1.82, 2.24) is 10.2 Å². The third-order valence-corrected chi connectivity index (χ3v) is 6.38. The summed E-state index contributed by atoms with van der Waals surface area (Å²) < 4.78 is 10.7. The minimum Gasteiger partial charge on any atom is -0.454 e. The molecule has 1 saturated heterocycles. The van der Waals surface area contributed by atoms with E-state index in [1.54, 1.807) is 18.2 Å². The molecule has 32 heavy (non-hydrogen) atoms. The van der Waals surface area contributed by atoms with Gasteiger partial charge in [-0.05, 0) is 48.7 Å². The van der Waals surface area contributed by atoms with Crippen molar-refractivity contribution in [2.45, 2.75) is 24.8 Å². The Balaban J connectivity index is 1.18. The molecule has 1 atom stereocenters. The van der Waals surface area contributed by atoms with E-state index in [2.05, 4.69) is 70.9 Å². The van der Waals surface area contributed by atoms with Crippen LogP contribution in [0.1, 0.15) is 40.2 Å². The van der Waals surface area contributed by atoms with Crippen molar-refractivity contribution in [3.8, 4) is 11.5 Å². The summed E-state index contributed by atoms with van der Waals surface area (Å²) in [4.78, 5) is 15.2. The third-order valence-electron chi connectivity index (χ3n) is 6.38. The Morgan fingerprint density at radius 2 is 1.62 bits per heavy atom. The monoisotopic (exact) mass is 428 g/mol. The fraction of sp³-hybridized carbons (Fsp3) is 0.296. The zero-order valence-corrected chi connectivity index (χ0v) is 18.1. The molecule has 5 rings (SSSR count). The number of rotatable bonds is 7. The van der Waals surface area contributed by atoms with Gasteiger partial charge in [0.25, 0.3) is 5.91 Å². The Bertz CT molecular complexity index is 1020. The second-order valence-corrected chi connectivity index (χ2v) is 8.49. The van der Waals surface area contributed by atoms with Gasteiger partial charge in [0.05, 0.1) is 0 Å². The van der Waals surface area contributed by atoms with Crippen LogP contribution in [-0.2, 0) is 0 Å². The Morgan fingerprint density at radius 1 is 0.938 bits per heavy atom. The van der Waals surface area contributed by atoms with E-state index in [0.29, 0.717) is 23.0 Å². The molecule has 1 fully saturated rings. The van der Waals surface area contributed by atoms with Gasteiger partial charge in [-0.2, -0.15) is 0 Å². The highest BCUT2D eigenvalue weighted by atomic mass is 16.7. The molecule has 3 aromatic rings. The van der Waals surface area contributed by atoms with Gasteiger partial charge in [-0.1, -0.05) is 60.7 Å². The summed E-state index contributed by atoms with van der Waals surface area (Å²) in [7, 11) is 0. The number of hydrogen-bond donors (Lipinski definition) is 1. The van der Waals surface area contributed by atoms with Crippen LogP contribution in [0.5, 0.6) is 11.5 Å². The maximum Gasteiger partial charge on any atom is 0.251 e. The molecule has 3 aromatic carbocycles. The summed E-state index contributed by atoms with van der Waals surface area (Å²) in [5, 5.41) is 3.19. The molecule has 0 aliphatic carbocycles. The summed E-state index contributed by atoms with van der Waals surface area (Å²) in [6.07, 6.45) is 2.02. The smallest absolute Gasteiger partial charge is 0.251 e. The second kappa shape index (κ2) is 9.45. The minimum absolute atomic E-state index is 0.0541. The average molecular weight is 429 g/mol. The highest BCUT2D eigenvalue weighted by Crippen LogP contribution is 2.32. The first-order chi connectivity index (χ1) is 15.8. The minimum atomic E-state index is -0.0541. The lowest BCUT2D eigenvalue weighted by Crippen LogP contribution is -2.37. The SMILES string of the molecule is O=C(NC1CCN(CCC(c2ccccc2)c2ccccc2)C1)c1ccc2c(c1)OCO2. The first-order valence-corrected chi connectivity index (χ1v) is 11.3. The van der Waals surface area contributed by atoms with E-state index in [1.165, 1.54) is 11.1 Å². The molecule has 5 heteroatoms. The van der Waals surface area contributed by atoms with Gasteiger partial charge in [0, 0.05) is 30.6 Å². The maximum atomic E-state index is 12.7. The van der Waals surface area contributed by atoms with E-state index in [-0.39, 0.29) is 18.7 Å². The van der Waals surface area contributed by atoms with Gasteiger partial charge in [0.15, 0.2) is 11.5 Å². The lowest BCUT2D eigenvalue weighted by atomic mass is 9.88. The van der Waals surface area contributed by atoms with Crippen LogP contribution in [0.25, 0.3) is 0 Å². The van der Waals surface area contributed by atoms with Gasteiger partial charge < -0.3 is 19.7 Å². The van der Waals surface area contributed by atoms with Crippen LogP contribution in [0.4, 0.5) is 0 Å². The molecule has 1 unspecified atom stereocenters. The van der Waals surface area contributed by atoms with Gasteiger partial charge in [-0.25, -0.2) is 0 Å². The number of ether oxygens (including phenoxy) is 2. The topological polar surface area (TPSA) is 50.8 Å². The molecule has 5 nitrogen and oxygen atoms in total. The fourth-order valence-electron chi connectivity index (χ4n) is 4.67. The number of nitrogens with one attached hydrogen (secondary N) is 1. The van der Waals surface area contributed by atoms with Crippen LogP contribution in [0.3, 0.4) is 0 Å². The summed E-state index contributed by atoms with van der Waals surface area (Å²) in [6, 6.07) is 27.0. The first kappa shape index (κ1) is 20.6. The lowest BCUT2D eigenvalue weighted by Gasteiger charge is -2.22. The molecule has 0 spiro atoms. The van der Waals surface area contributed by atoms with Crippen molar-refractivity contribution in [3.05, 3.63) is 95.6 Å². The first-order valence-electron chi connectivity index (χ1n) is 11.3. The van der Waals surface area contributed by atoms with E-state index < -0.39 is 0 Å². The van der Waals surface area contributed by atoms with Crippen LogP contribution in [0.2, 0.25) is 0 Å². The molecule has 0 aromatic heterocycles. The molecule has 164 valence electrons. The van der Waals surface area contributed by atoms with Crippen LogP contribution < -0.4 is 14.8 Å². The lowest BCUT2D eigenvalue weighted by molar-refractivity contribution is 0.0937. The Morgan fingerprint density at radius 3 is 2.34 bits per heavy atom. The molecular formula is C27H28N2O3. The molecule has 0 radical (unpaired) electrons. The summed E-state index contributed by atoms with van der Waals surface area (Å²) in [6.45, 7) is 3.10. The number of carbonyl (C=O) groups excluding carboxylic acids is 1. The van der Waals surface area contributed by atoms with Gasteiger partial charge >= 0.3 is 0 Å². The van der Waals surface area contributed by atoms with E-state index in [9.17, 15) is 4.79 Å². The van der Waals surface area contributed by atoms with E-state index in [4.69, 9.17) is 9.47 Å². The Hall–Kier alpha value is -3.31. The number of likely N-dealkylation sites (tertiary alicyclic amines) is 1. The van der Waals surface area contributed by atoms with Gasteiger partial charge in [-0.15, -0.1) is 0 Å². The predicted octanol–water partition coefficient (Wildman–Crippen LogP) is 4.44. The van der Waals surface area contributed by atoms with Crippen molar-refractivity contribution in [3.63, 3.8) is 0 Å². The molecule has 0 bridgehead atoms. The van der Waals surface area contributed by atoms with Gasteiger partial charge in [-0.3, -0.25) is 4.79 Å². The van der Waals surface area contributed by atoms with Crippen molar-refractivity contribution < 1.29 is 14.3 Å². The van der Waals surface area contributed by atoms with Crippen molar-refractivity contribution >= 4 is 5.91 Å². The standard InChI is InChI=1S/C27H28N2O3/c30-27(22-11-12-25-26(17-22)32-19-31-25)28-23-13-15-29(18-23)16-14-24(20-7-3-1-4-8-20)21-9-5-2-6-10-21/h1-12,17,23-24H,13-16,18-19H2,(H,28,30). The molecule has 1 amide bonds. The number of benzene rings is 3. The molecule has 0 saturated carbocycles. The maximum absolute atomic E-state index is 12.7. The number of carbonyl (C=O) groups is 1. The predicted molar refractivity (Wildman–Crippen MR) is 124 cm³/mol. The second-order valence-electron chi connectivity index (χ2n) is 8.49. The quantitative estimate of drug-likeness (QED) is 0.604. The van der Waals surface area contributed by atoms with Crippen LogP contribution in [0.15, 0.2) is 78.9 Å². The third kappa shape index (κ3) is 4.63. The largest absolute Gasteiger partial charge is 0.454 e. The molecule has 2 aliphatic rings. The fourth-order valence-corrected chi connectivity index (χ4v) is 4.67. The van der Waals surface area contributed by atoms with Crippen molar-refractivity contribution in [1.29, 1.82) is 0 Å². The summed E-state index contributed by atoms with van der Waals surface area (Å²) in [5.74, 6) is 1.65. The number of hydrogen-bond acceptors (Lipinski definition) is 4. The molecule has 2 aliphatic heterocycles. The van der Waals surface area contributed by atoms with Crippen LogP contribution in [0, 0.1) is 0 Å². The van der Waals surface area contributed by atoms with E-state index >= 15 is 0 Å². The summed E-state index contributed by atoms with van der Waals surface area (Å²) >= 11 is 0. The number of fused-ring (bicyclic) bond motifs is 1. The molecule has 2 heterocycles. The molecule has 1 N–H and O–H groups in total. The number of nitrogens with zero attached hydrogens (tertiary/aromatic N) is 1. The zero-order valence-electron chi connectivity index (χ0n) is 18.1. The van der Waals surface area contributed by atoms with E-state index in [0.717, 1.165) is 32.5 Å². The van der Waals surface area contributed by atoms with E-state index in [1.807, 2.05) is 0 Å². The Kier molecular flexibility index (Phi) is 6.08.